The molecule has 1 aromatic heterocycles. The van der Waals surface area contributed by atoms with E-state index < -0.39 is 0 Å². The maximum absolute atomic E-state index is 12.8. The van der Waals surface area contributed by atoms with Crippen LogP contribution in [0.3, 0.4) is 0 Å². The number of hydrogen-bond acceptors (Lipinski definition) is 3. The smallest absolute Gasteiger partial charge is 0.268 e. The highest BCUT2D eigenvalue weighted by atomic mass is 16.2. The number of nitrogens with one attached hydrogen (secondary N) is 2. The molecule has 2 heterocycles. The van der Waals surface area contributed by atoms with Crippen molar-refractivity contribution in [3.63, 3.8) is 0 Å². The summed E-state index contributed by atoms with van der Waals surface area (Å²) in [5.74, 6) is -0.293. The van der Waals surface area contributed by atoms with E-state index in [9.17, 15) is 9.59 Å². The monoisotopic (exact) mass is 430 g/mol. The minimum Gasteiger partial charge on any atom is -0.371 e. The average molecular weight is 431 g/mol. The first-order chi connectivity index (χ1) is 15.6. The zero-order chi connectivity index (χ0) is 22.3. The van der Waals surface area contributed by atoms with E-state index in [1.807, 2.05) is 72.3 Å². The van der Waals surface area contributed by atoms with Gasteiger partial charge in [-0.05, 0) is 55.7 Å². The summed E-state index contributed by atoms with van der Waals surface area (Å²) in [5, 5.41) is 5.92. The number of aromatic nitrogens is 1. The summed E-state index contributed by atoms with van der Waals surface area (Å²) in [4.78, 5) is 27.7. The summed E-state index contributed by atoms with van der Waals surface area (Å²) < 4.78 is 1.92. The van der Waals surface area contributed by atoms with Crippen LogP contribution >= 0.6 is 0 Å². The van der Waals surface area contributed by atoms with Crippen LogP contribution in [0.1, 0.15) is 42.2 Å². The fraction of sp³-hybridized carbons (Fsp3) is 0.308. The highest BCUT2D eigenvalue weighted by Gasteiger charge is 2.17. The van der Waals surface area contributed by atoms with E-state index in [1.54, 1.807) is 6.07 Å². The molecule has 1 saturated heterocycles. The van der Waals surface area contributed by atoms with Gasteiger partial charge in [-0.25, -0.2) is 0 Å². The lowest BCUT2D eigenvalue weighted by molar-refractivity contribution is -0.116. The lowest BCUT2D eigenvalue weighted by Gasteiger charge is -2.19. The van der Waals surface area contributed by atoms with Crippen molar-refractivity contribution in [3.8, 4) is 0 Å². The van der Waals surface area contributed by atoms with Gasteiger partial charge in [0, 0.05) is 49.7 Å². The van der Waals surface area contributed by atoms with Crippen LogP contribution in [0.4, 0.5) is 11.4 Å². The molecule has 3 aromatic rings. The van der Waals surface area contributed by atoms with Gasteiger partial charge in [0.05, 0.1) is 0 Å². The van der Waals surface area contributed by atoms with E-state index in [-0.39, 0.29) is 24.3 Å². The van der Waals surface area contributed by atoms with Gasteiger partial charge in [-0.3, -0.25) is 9.59 Å². The number of carbonyl (C=O) groups excluding carboxylic acids is 2. The van der Waals surface area contributed by atoms with Crippen molar-refractivity contribution in [1.82, 2.24) is 9.88 Å². The van der Waals surface area contributed by atoms with Crippen LogP contribution in [-0.2, 0) is 11.3 Å². The standard InChI is InChI=1S/C26H30N4O2/c1-20(17-25(31)28-22-11-7-12-23(18-22)29-14-5-6-15-29)27-26(32)24-13-8-16-30(24)19-21-9-3-2-4-10-21/h2-4,7-13,16,18,20H,5-6,14-15,17,19H2,1H3,(H,27,32)(H,28,31). The molecule has 1 aliphatic heterocycles. The Labute approximate surface area is 189 Å². The van der Waals surface area contributed by atoms with E-state index in [0.29, 0.717) is 12.2 Å². The summed E-state index contributed by atoms with van der Waals surface area (Å²) >= 11 is 0. The van der Waals surface area contributed by atoms with Crippen molar-refractivity contribution in [3.05, 3.63) is 84.2 Å². The van der Waals surface area contributed by atoms with Crippen molar-refractivity contribution in [1.29, 1.82) is 0 Å². The first kappa shape index (κ1) is 21.7. The topological polar surface area (TPSA) is 66.4 Å². The number of hydrogen-bond donors (Lipinski definition) is 2. The minimum atomic E-state index is -0.288. The van der Waals surface area contributed by atoms with E-state index in [0.717, 1.165) is 30.0 Å². The molecule has 6 heteroatoms. The van der Waals surface area contributed by atoms with Gasteiger partial charge in [-0.2, -0.15) is 0 Å². The highest BCUT2D eigenvalue weighted by molar-refractivity contribution is 5.95. The number of benzene rings is 2. The predicted octanol–water partition coefficient (Wildman–Crippen LogP) is 4.28. The molecule has 32 heavy (non-hydrogen) atoms. The fourth-order valence-corrected chi connectivity index (χ4v) is 4.13. The van der Waals surface area contributed by atoms with E-state index >= 15 is 0 Å². The summed E-state index contributed by atoms with van der Waals surface area (Å²) in [6.45, 7) is 4.60. The van der Waals surface area contributed by atoms with Crippen LogP contribution in [0, 0.1) is 0 Å². The quantitative estimate of drug-likeness (QED) is 0.560. The van der Waals surface area contributed by atoms with Gasteiger partial charge in [0.2, 0.25) is 5.91 Å². The zero-order valence-electron chi connectivity index (χ0n) is 18.5. The van der Waals surface area contributed by atoms with Crippen LogP contribution in [0.2, 0.25) is 0 Å². The molecule has 1 fully saturated rings. The van der Waals surface area contributed by atoms with Gasteiger partial charge in [0.1, 0.15) is 5.69 Å². The molecule has 1 unspecified atom stereocenters. The van der Waals surface area contributed by atoms with Crippen LogP contribution in [0.25, 0.3) is 0 Å². The highest BCUT2D eigenvalue weighted by Crippen LogP contribution is 2.23. The van der Waals surface area contributed by atoms with Crippen LogP contribution in [0.5, 0.6) is 0 Å². The molecule has 6 nitrogen and oxygen atoms in total. The number of anilines is 2. The molecular formula is C26H30N4O2. The van der Waals surface area contributed by atoms with Gasteiger partial charge in [0.15, 0.2) is 0 Å². The number of amides is 2. The summed E-state index contributed by atoms with van der Waals surface area (Å²) in [6.07, 6.45) is 4.52. The Kier molecular flexibility index (Phi) is 6.90. The van der Waals surface area contributed by atoms with Gasteiger partial charge < -0.3 is 20.1 Å². The third-order valence-electron chi connectivity index (χ3n) is 5.73. The summed E-state index contributed by atoms with van der Waals surface area (Å²) in [6, 6.07) is 21.4. The Morgan fingerprint density at radius 2 is 1.75 bits per heavy atom. The third-order valence-corrected chi connectivity index (χ3v) is 5.73. The molecular weight excluding hydrogens is 400 g/mol. The number of carbonyl (C=O) groups is 2. The van der Waals surface area contributed by atoms with Crippen molar-refractivity contribution in [2.24, 2.45) is 0 Å². The van der Waals surface area contributed by atoms with E-state index in [1.165, 1.54) is 12.8 Å². The van der Waals surface area contributed by atoms with Crippen LogP contribution < -0.4 is 15.5 Å². The second kappa shape index (κ2) is 10.2. The molecule has 2 aromatic carbocycles. The first-order valence-electron chi connectivity index (χ1n) is 11.2. The fourth-order valence-electron chi connectivity index (χ4n) is 4.13. The molecule has 166 valence electrons. The van der Waals surface area contributed by atoms with Crippen molar-refractivity contribution in [2.45, 2.75) is 38.8 Å². The molecule has 1 aliphatic rings. The predicted molar refractivity (Wildman–Crippen MR) is 128 cm³/mol. The molecule has 0 saturated carbocycles. The second-order valence-corrected chi connectivity index (χ2v) is 8.38. The third kappa shape index (κ3) is 5.58. The average Bonchev–Trinajstić information content (AvgIpc) is 3.47. The van der Waals surface area contributed by atoms with E-state index in [4.69, 9.17) is 0 Å². The summed E-state index contributed by atoms with van der Waals surface area (Å²) in [7, 11) is 0. The SMILES string of the molecule is CC(CC(=O)Nc1cccc(N2CCCC2)c1)NC(=O)c1cccn1Cc1ccccc1. The normalized spacial score (nSPS) is 14.2. The van der Waals surface area contributed by atoms with Gasteiger partial charge in [-0.1, -0.05) is 36.4 Å². The van der Waals surface area contributed by atoms with Crippen molar-refractivity contribution < 1.29 is 9.59 Å². The molecule has 4 rings (SSSR count). The zero-order valence-corrected chi connectivity index (χ0v) is 18.5. The molecule has 0 radical (unpaired) electrons. The Morgan fingerprint density at radius 3 is 2.53 bits per heavy atom. The largest absolute Gasteiger partial charge is 0.371 e. The number of nitrogens with zero attached hydrogens (tertiary/aromatic N) is 2. The molecule has 0 spiro atoms. The molecule has 0 bridgehead atoms. The van der Waals surface area contributed by atoms with Gasteiger partial charge in [0.25, 0.3) is 5.91 Å². The lowest BCUT2D eigenvalue weighted by Crippen LogP contribution is -2.36. The number of rotatable bonds is 8. The Balaban J connectivity index is 1.31. The second-order valence-electron chi connectivity index (χ2n) is 8.38. The first-order valence-corrected chi connectivity index (χ1v) is 11.2. The maximum atomic E-state index is 12.8. The summed E-state index contributed by atoms with van der Waals surface area (Å²) in [5.41, 5.74) is 3.64. The molecule has 2 N–H and O–H groups in total. The minimum absolute atomic E-state index is 0.115. The Bertz CT molecular complexity index is 1050. The van der Waals surface area contributed by atoms with Crippen molar-refractivity contribution in [2.75, 3.05) is 23.3 Å². The Morgan fingerprint density at radius 1 is 0.969 bits per heavy atom. The van der Waals surface area contributed by atoms with Gasteiger partial charge in [-0.15, -0.1) is 0 Å². The lowest BCUT2D eigenvalue weighted by atomic mass is 10.2. The van der Waals surface area contributed by atoms with Gasteiger partial charge >= 0.3 is 0 Å². The molecule has 1 atom stereocenters. The van der Waals surface area contributed by atoms with Crippen LogP contribution in [-0.4, -0.2) is 35.5 Å². The van der Waals surface area contributed by atoms with Crippen molar-refractivity contribution >= 4 is 23.2 Å². The molecule has 2 amide bonds. The van der Waals surface area contributed by atoms with Crippen LogP contribution in [0.15, 0.2) is 72.9 Å². The maximum Gasteiger partial charge on any atom is 0.268 e. The van der Waals surface area contributed by atoms with E-state index in [2.05, 4.69) is 21.6 Å². The Hall–Kier alpha value is -3.54. The molecule has 0 aliphatic carbocycles.